The molecule has 3 rings (SSSR count). The van der Waals surface area contributed by atoms with Crippen molar-refractivity contribution < 1.29 is 4.79 Å². The summed E-state index contributed by atoms with van der Waals surface area (Å²) in [6.45, 7) is 0.530. The van der Waals surface area contributed by atoms with E-state index in [9.17, 15) is 4.79 Å². The quantitative estimate of drug-likeness (QED) is 0.872. The molecule has 21 heavy (non-hydrogen) atoms. The van der Waals surface area contributed by atoms with E-state index < -0.39 is 0 Å². The fourth-order valence-corrected chi connectivity index (χ4v) is 3.81. The summed E-state index contributed by atoms with van der Waals surface area (Å²) in [5.41, 5.74) is 7.29. The van der Waals surface area contributed by atoms with E-state index in [1.165, 1.54) is 0 Å². The summed E-state index contributed by atoms with van der Waals surface area (Å²) in [6.07, 6.45) is 3.53. The van der Waals surface area contributed by atoms with Gasteiger partial charge in [-0.3, -0.25) is 4.79 Å². The van der Waals surface area contributed by atoms with Crippen molar-refractivity contribution in [3.05, 3.63) is 16.1 Å². The zero-order valence-electron chi connectivity index (χ0n) is 11.2. The molecule has 1 heterocycles. The lowest BCUT2D eigenvalue weighted by Crippen LogP contribution is -2.40. The van der Waals surface area contributed by atoms with Gasteiger partial charge in [0.1, 0.15) is 11.4 Å². The second kappa shape index (κ2) is 5.68. The van der Waals surface area contributed by atoms with Gasteiger partial charge in [0.05, 0.1) is 27.1 Å². The van der Waals surface area contributed by atoms with Crippen LogP contribution in [0, 0.1) is 5.41 Å². The number of anilines is 1. The van der Waals surface area contributed by atoms with Crippen molar-refractivity contribution in [3.8, 4) is 0 Å². The first-order chi connectivity index (χ1) is 10.0. The lowest BCUT2D eigenvalue weighted by molar-refractivity contribution is -0.119. The van der Waals surface area contributed by atoms with Crippen molar-refractivity contribution in [2.75, 3.05) is 11.9 Å². The smallest absolute Gasteiger partial charge is 0.225 e. The Morgan fingerprint density at radius 3 is 2.67 bits per heavy atom. The molecule has 0 unspecified atom stereocenters. The molecule has 1 aliphatic carbocycles. The Morgan fingerprint density at radius 1 is 1.33 bits per heavy atom. The normalized spacial score (nSPS) is 17.9. The molecule has 2 aliphatic rings. The molecular weight excluding hydrogens is 331 g/mol. The minimum atomic E-state index is -0.0985. The highest BCUT2D eigenvalue weighted by atomic mass is 35.5. The van der Waals surface area contributed by atoms with Crippen LogP contribution in [0.15, 0.2) is 14.8 Å². The van der Waals surface area contributed by atoms with Gasteiger partial charge in [-0.1, -0.05) is 29.6 Å². The summed E-state index contributed by atoms with van der Waals surface area (Å²) in [5, 5.41) is 3.64. The van der Waals surface area contributed by atoms with Gasteiger partial charge >= 0.3 is 0 Å². The Kier molecular flexibility index (Phi) is 4.05. The molecule has 0 saturated heterocycles. The molecule has 0 bridgehead atoms. The molecule has 1 saturated carbocycles. The van der Waals surface area contributed by atoms with Gasteiger partial charge in [0.2, 0.25) is 5.91 Å². The lowest BCUT2D eigenvalue weighted by atomic mass is 9.66. The number of benzene rings is 1. The molecule has 5 nitrogen and oxygen atoms in total. The van der Waals surface area contributed by atoms with Gasteiger partial charge in [0, 0.05) is 6.42 Å². The molecule has 1 amide bonds. The third-order valence-electron chi connectivity index (χ3n) is 4.09. The molecule has 0 aromatic heterocycles. The van der Waals surface area contributed by atoms with E-state index in [0.717, 1.165) is 30.6 Å². The average Bonchev–Trinajstić information content (AvgIpc) is 2.88. The van der Waals surface area contributed by atoms with E-state index in [2.05, 4.69) is 14.0 Å². The summed E-state index contributed by atoms with van der Waals surface area (Å²) in [5.74, 6) is -0.0985. The molecule has 0 atom stereocenters. The molecule has 0 radical (unpaired) electrons. The standard InChI is InChI=1S/C13H14Cl2N4OS/c14-7-4-8(15)11-12(19-21-18-11)10(7)17-9(20)5-13(6-16)2-1-3-13/h4H,1-3,5-6,16H2,(H,17,20). The maximum absolute atomic E-state index is 12.3. The van der Waals surface area contributed by atoms with Gasteiger partial charge in [-0.15, -0.1) is 0 Å². The Labute approximate surface area is 136 Å². The number of hydrogen-bond donors (Lipinski definition) is 2. The molecule has 8 heteroatoms. The molecular formula is C13H14Cl2N4OS. The minimum absolute atomic E-state index is 0.0531. The fraction of sp³-hybridized carbons (Fsp3) is 0.462. The first-order valence-electron chi connectivity index (χ1n) is 6.65. The summed E-state index contributed by atoms with van der Waals surface area (Å²) in [7, 11) is 0. The minimum Gasteiger partial charge on any atom is -0.330 e. The van der Waals surface area contributed by atoms with Crippen LogP contribution < -0.4 is 11.1 Å². The van der Waals surface area contributed by atoms with E-state index in [-0.39, 0.29) is 11.3 Å². The van der Waals surface area contributed by atoms with Crippen LogP contribution in [0.4, 0.5) is 17.1 Å². The maximum atomic E-state index is 12.3. The molecule has 0 spiro atoms. The van der Waals surface area contributed by atoms with Crippen LogP contribution in [0.1, 0.15) is 25.7 Å². The number of rotatable bonds is 4. The lowest BCUT2D eigenvalue weighted by Gasteiger charge is -2.40. The number of nitrogens with two attached hydrogens (primary N) is 1. The van der Waals surface area contributed by atoms with E-state index in [4.69, 9.17) is 28.9 Å². The van der Waals surface area contributed by atoms with Crippen LogP contribution in [-0.4, -0.2) is 12.5 Å². The molecule has 1 aromatic rings. The summed E-state index contributed by atoms with van der Waals surface area (Å²) in [4.78, 5) is 12.3. The van der Waals surface area contributed by atoms with Crippen LogP contribution in [0.2, 0.25) is 10.0 Å². The van der Waals surface area contributed by atoms with Crippen LogP contribution >= 0.6 is 23.2 Å². The molecule has 1 aliphatic heterocycles. The molecule has 1 fully saturated rings. The van der Waals surface area contributed by atoms with E-state index >= 15 is 0 Å². The number of nitrogens with one attached hydrogen (secondary N) is 1. The van der Waals surface area contributed by atoms with Gasteiger partial charge in [0.25, 0.3) is 0 Å². The van der Waals surface area contributed by atoms with Gasteiger partial charge in [-0.2, -0.15) is 8.73 Å². The van der Waals surface area contributed by atoms with Crippen molar-refractivity contribution in [2.45, 2.75) is 25.7 Å². The third-order valence-corrected chi connectivity index (χ3v) is 5.21. The number of carbonyl (C=O) groups excluding carboxylic acids is 1. The first-order valence-corrected chi connectivity index (χ1v) is 8.13. The first kappa shape index (κ1) is 15.0. The third kappa shape index (κ3) is 2.73. The second-order valence-electron chi connectivity index (χ2n) is 5.46. The van der Waals surface area contributed by atoms with Crippen molar-refractivity contribution >= 4 is 57.5 Å². The second-order valence-corrected chi connectivity index (χ2v) is 6.80. The average molecular weight is 345 g/mol. The molecule has 112 valence electrons. The monoisotopic (exact) mass is 344 g/mol. The van der Waals surface area contributed by atoms with Crippen LogP contribution in [-0.2, 0) is 16.1 Å². The van der Waals surface area contributed by atoms with E-state index in [0.29, 0.717) is 40.1 Å². The largest absolute Gasteiger partial charge is 0.330 e. The topological polar surface area (TPSA) is 79.8 Å². The van der Waals surface area contributed by atoms with Crippen LogP contribution in [0.5, 0.6) is 0 Å². The number of carbonyl (C=O) groups is 1. The number of halogens is 2. The highest BCUT2D eigenvalue weighted by Crippen LogP contribution is 2.48. The molecule has 1 aromatic carbocycles. The van der Waals surface area contributed by atoms with Crippen molar-refractivity contribution in [1.29, 1.82) is 0 Å². The number of amides is 1. The summed E-state index contributed by atoms with van der Waals surface area (Å²) < 4.78 is 8.28. The van der Waals surface area contributed by atoms with Crippen molar-refractivity contribution in [2.24, 2.45) is 19.9 Å². The van der Waals surface area contributed by atoms with Gasteiger partial charge in [-0.05, 0) is 30.9 Å². The van der Waals surface area contributed by atoms with Crippen LogP contribution in [0.25, 0.3) is 0 Å². The number of nitrogens with zero attached hydrogens (tertiary/aromatic N) is 2. The van der Waals surface area contributed by atoms with Crippen molar-refractivity contribution in [3.63, 3.8) is 0 Å². The van der Waals surface area contributed by atoms with Gasteiger partial charge in [0.15, 0.2) is 0 Å². The van der Waals surface area contributed by atoms with Gasteiger partial charge in [-0.25, -0.2) is 0 Å². The maximum Gasteiger partial charge on any atom is 0.225 e. The van der Waals surface area contributed by atoms with Crippen molar-refractivity contribution in [1.82, 2.24) is 0 Å². The number of hydrogen-bond acceptors (Lipinski definition) is 4. The zero-order chi connectivity index (χ0) is 15.0. The van der Waals surface area contributed by atoms with E-state index in [1.54, 1.807) is 6.07 Å². The fourth-order valence-electron chi connectivity index (χ4n) is 2.65. The Balaban J connectivity index is 1.81. The Bertz CT molecular complexity index is 676. The summed E-state index contributed by atoms with van der Waals surface area (Å²) in [6, 6.07) is 1.57. The number of fused-ring (bicyclic) bond motifs is 1. The summed E-state index contributed by atoms with van der Waals surface area (Å²) >= 11 is 13.3. The Hall–Kier alpha value is -0.950. The zero-order valence-corrected chi connectivity index (χ0v) is 13.5. The van der Waals surface area contributed by atoms with E-state index in [1.807, 2.05) is 0 Å². The highest BCUT2D eigenvalue weighted by molar-refractivity contribution is 7.58. The Morgan fingerprint density at radius 2 is 2.05 bits per heavy atom. The SMILES string of the molecule is NCC1(CC(=O)Nc2c(Cl)cc(Cl)c3c2N=S=N3)CCC1. The van der Waals surface area contributed by atoms with Gasteiger partial charge < -0.3 is 11.1 Å². The molecule has 3 N–H and O–H groups in total. The van der Waals surface area contributed by atoms with Crippen LogP contribution in [0.3, 0.4) is 0 Å². The predicted molar refractivity (Wildman–Crippen MR) is 86.6 cm³/mol. The predicted octanol–water partition coefficient (Wildman–Crippen LogP) is 4.18. The highest BCUT2D eigenvalue weighted by Gasteiger charge is 2.37.